The fraction of sp³-hybridized carbons (Fsp3) is 0.125. The maximum atomic E-state index is 12.7. The van der Waals surface area contributed by atoms with Crippen LogP contribution in [0.1, 0.15) is 10.4 Å². The van der Waals surface area contributed by atoms with Gasteiger partial charge in [0.25, 0.3) is 0 Å². The van der Waals surface area contributed by atoms with E-state index in [4.69, 9.17) is 0 Å². The van der Waals surface area contributed by atoms with Gasteiger partial charge in [0, 0.05) is 0 Å². The van der Waals surface area contributed by atoms with Crippen LogP contribution in [0.2, 0.25) is 0 Å². The summed E-state index contributed by atoms with van der Waals surface area (Å²) in [5.74, 6) is -2.71. The van der Waals surface area contributed by atoms with Crippen LogP contribution in [-0.2, 0) is 0 Å². The number of benzene rings is 1. The molecular weight excluding hydrogens is 169 g/mol. The van der Waals surface area contributed by atoms with Gasteiger partial charge in [-0.2, -0.15) is 0 Å². The first-order valence-electron chi connectivity index (χ1n) is 3.19. The summed E-state index contributed by atoms with van der Waals surface area (Å²) in [6.45, 7) is -1.32. The number of carbonyl (C=O) groups excluding carboxylic acids is 1. The van der Waals surface area contributed by atoms with Crippen LogP contribution >= 0.6 is 0 Å². The van der Waals surface area contributed by atoms with Crippen LogP contribution in [0, 0.1) is 11.6 Å². The molecule has 0 fully saturated rings. The third kappa shape index (κ3) is 1.64. The zero-order valence-corrected chi connectivity index (χ0v) is 5.98. The average Bonchev–Trinajstić information content (AvgIpc) is 2.08. The number of halogens is 3. The molecule has 0 spiro atoms. The summed E-state index contributed by atoms with van der Waals surface area (Å²) >= 11 is 0. The molecule has 0 unspecified atom stereocenters. The van der Waals surface area contributed by atoms with Crippen molar-refractivity contribution < 1.29 is 18.0 Å². The van der Waals surface area contributed by atoms with E-state index in [2.05, 4.69) is 0 Å². The molecule has 1 nitrogen and oxygen atoms in total. The minimum Gasteiger partial charge on any atom is -0.291 e. The Morgan fingerprint density at radius 2 is 2.00 bits per heavy atom. The van der Waals surface area contributed by atoms with Crippen LogP contribution in [0.25, 0.3) is 0 Å². The summed E-state index contributed by atoms with van der Waals surface area (Å²) in [5, 5.41) is 0. The number of carbonyl (C=O) groups is 1. The molecule has 12 heavy (non-hydrogen) atoms. The van der Waals surface area contributed by atoms with Crippen LogP contribution in [-0.4, -0.2) is 12.5 Å². The molecule has 0 heterocycles. The number of hydrogen-bond acceptors (Lipinski definition) is 1. The summed E-state index contributed by atoms with van der Waals surface area (Å²) in [6.07, 6.45) is 0. The molecule has 1 rings (SSSR count). The van der Waals surface area contributed by atoms with E-state index in [0.717, 1.165) is 12.1 Å². The van der Waals surface area contributed by atoms with Gasteiger partial charge in [0.2, 0.25) is 0 Å². The van der Waals surface area contributed by atoms with Crippen molar-refractivity contribution >= 4 is 5.78 Å². The lowest BCUT2D eigenvalue weighted by Crippen LogP contribution is -2.04. The zero-order chi connectivity index (χ0) is 9.14. The van der Waals surface area contributed by atoms with Gasteiger partial charge in [0.05, 0.1) is 5.56 Å². The number of alkyl halides is 1. The van der Waals surface area contributed by atoms with E-state index in [9.17, 15) is 18.0 Å². The van der Waals surface area contributed by atoms with Crippen LogP contribution in [0.15, 0.2) is 18.2 Å². The van der Waals surface area contributed by atoms with Gasteiger partial charge >= 0.3 is 0 Å². The molecule has 0 aliphatic carbocycles. The van der Waals surface area contributed by atoms with Gasteiger partial charge in [-0.25, -0.2) is 13.2 Å². The molecule has 0 radical (unpaired) electrons. The van der Waals surface area contributed by atoms with Crippen LogP contribution < -0.4 is 0 Å². The van der Waals surface area contributed by atoms with Crippen LogP contribution in [0.3, 0.4) is 0 Å². The van der Waals surface area contributed by atoms with E-state index in [0.29, 0.717) is 6.07 Å². The Kier molecular flexibility index (Phi) is 2.47. The predicted molar refractivity (Wildman–Crippen MR) is 36.7 cm³/mol. The van der Waals surface area contributed by atoms with E-state index >= 15 is 0 Å². The van der Waals surface area contributed by atoms with E-state index in [-0.39, 0.29) is 0 Å². The topological polar surface area (TPSA) is 17.1 Å². The molecule has 1 aromatic carbocycles. The Morgan fingerprint density at radius 1 is 1.33 bits per heavy atom. The highest BCUT2D eigenvalue weighted by atomic mass is 19.1. The fourth-order valence-corrected chi connectivity index (χ4v) is 0.783. The van der Waals surface area contributed by atoms with Crippen molar-refractivity contribution in [2.45, 2.75) is 0 Å². The van der Waals surface area contributed by atoms with Gasteiger partial charge in [0.1, 0.15) is 11.6 Å². The zero-order valence-electron chi connectivity index (χ0n) is 5.98. The SMILES string of the molecule is O=C(CF)c1cc(F)ccc1F. The Labute approximate surface area is 66.8 Å². The van der Waals surface area contributed by atoms with Gasteiger partial charge < -0.3 is 0 Å². The Bertz CT molecular complexity index is 309. The molecule has 0 N–H and O–H groups in total. The maximum absolute atomic E-state index is 12.7. The van der Waals surface area contributed by atoms with Crippen molar-refractivity contribution in [3.8, 4) is 0 Å². The average molecular weight is 174 g/mol. The lowest BCUT2D eigenvalue weighted by molar-refractivity contribution is 0.0954. The van der Waals surface area contributed by atoms with Crippen LogP contribution in [0.4, 0.5) is 13.2 Å². The summed E-state index contributed by atoms with van der Waals surface area (Å²) in [4.78, 5) is 10.6. The quantitative estimate of drug-likeness (QED) is 0.627. The number of hydrogen-bond donors (Lipinski definition) is 0. The van der Waals surface area contributed by atoms with Crippen molar-refractivity contribution in [2.75, 3.05) is 6.67 Å². The summed E-state index contributed by atoms with van der Waals surface area (Å²) < 4.78 is 36.8. The standard InChI is InChI=1S/C8H5F3O/c9-4-8(12)6-3-5(10)1-2-7(6)11/h1-3H,4H2. The highest BCUT2D eigenvalue weighted by molar-refractivity contribution is 5.97. The van der Waals surface area contributed by atoms with E-state index in [1.807, 2.05) is 0 Å². The molecule has 0 aliphatic heterocycles. The molecule has 4 heteroatoms. The van der Waals surface area contributed by atoms with Crippen molar-refractivity contribution in [1.29, 1.82) is 0 Å². The highest BCUT2D eigenvalue weighted by Gasteiger charge is 2.11. The van der Waals surface area contributed by atoms with E-state index < -0.39 is 29.7 Å². The number of Topliss-reactive ketones (excluding diaryl/α,β-unsaturated/α-hetero) is 1. The Hall–Kier alpha value is -1.32. The predicted octanol–water partition coefficient (Wildman–Crippen LogP) is 2.12. The normalized spacial score (nSPS) is 9.92. The maximum Gasteiger partial charge on any atom is 0.196 e. The lowest BCUT2D eigenvalue weighted by atomic mass is 10.1. The molecule has 0 atom stereocenters. The molecule has 0 saturated carbocycles. The first kappa shape index (κ1) is 8.77. The van der Waals surface area contributed by atoms with Crippen molar-refractivity contribution in [1.82, 2.24) is 0 Å². The second-order valence-corrected chi connectivity index (χ2v) is 2.18. The van der Waals surface area contributed by atoms with E-state index in [1.54, 1.807) is 0 Å². The summed E-state index contributed by atoms with van der Waals surface area (Å²) in [5.41, 5.74) is -0.544. The molecule has 0 aliphatic rings. The fourth-order valence-electron chi connectivity index (χ4n) is 0.783. The van der Waals surface area contributed by atoms with Gasteiger partial charge in [-0.3, -0.25) is 4.79 Å². The molecule has 0 bridgehead atoms. The smallest absolute Gasteiger partial charge is 0.196 e. The van der Waals surface area contributed by atoms with Crippen molar-refractivity contribution in [3.63, 3.8) is 0 Å². The summed E-state index contributed by atoms with van der Waals surface area (Å²) in [6, 6.07) is 2.33. The third-order valence-corrected chi connectivity index (χ3v) is 1.35. The third-order valence-electron chi connectivity index (χ3n) is 1.35. The van der Waals surface area contributed by atoms with Crippen LogP contribution in [0.5, 0.6) is 0 Å². The van der Waals surface area contributed by atoms with Gasteiger partial charge in [-0.1, -0.05) is 0 Å². The minimum atomic E-state index is -1.32. The molecule has 1 aromatic rings. The van der Waals surface area contributed by atoms with Gasteiger partial charge in [-0.15, -0.1) is 0 Å². The van der Waals surface area contributed by atoms with Crippen molar-refractivity contribution in [3.05, 3.63) is 35.4 Å². The Balaban J connectivity index is 3.13. The first-order chi connectivity index (χ1) is 5.65. The van der Waals surface area contributed by atoms with E-state index in [1.165, 1.54) is 0 Å². The highest BCUT2D eigenvalue weighted by Crippen LogP contribution is 2.10. The molecule has 64 valence electrons. The largest absolute Gasteiger partial charge is 0.291 e. The van der Waals surface area contributed by atoms with Gasteiger partial charge in [0.15, 0.2) is 12.5 Å². The first-order valence-corrected chi connectivity index (χ1v) is 3.19. The lowest BCUT2D eigenvalue weighted by Gasteiger charge is -1.97. The monoisotopic (exact) mass is 174 g/mol. The molecule has 0 saturated heterocycles. The molecule has 0 amide bonds. The Morgan fingerprint density at radius 3 is 2.58 bits per heavy atom. The summed E-state index contributed by atoms with van der Waals surface area (Å²) in [7, 11) is 0. The number of ketones is 1. The second-order valence-electron chi connectivity index (χ2n) is 2.18. The number of rotatable bonds is 2. The second kappa shape index (κ2) is 3.38. The van der Waals surface area contributed by atoms with Gasteiger partial charge in [-0.05, 0) is 18.2 Å². The van der Waals surface area contributed by atoms with Crippen molar-refractivity contribution in [2.24, 2.45) is 0 Å². The molecular formula is C8H5F3O. The minimum absolute atomic E-state index is 0.544. The molecule has 0 aromatic heterocycles.